The maximum atomic E-state index is 12.7. The Balaban J connectivity index is 1.44. The van der Waals surface area contributed by atoms with Crippen molar-refractivity contribution >= 4 is 28.9 Å². The summed E-state index contributed by atoms with van der Waals surface area (Å²) < 4.78 is 0. The van der Waals surface area contributed by atoms with Crippen molar-refractivity contribution in [2.45, 2.75) is 25.3 Å². The van der Waals surface area contributed by atoms with E-state index in [4.69, 9.17) is 11.6 Å². The van der Waals surface area contributed by atoms with E-state index in [0.717, 1.165) is 28.4 Å². The predicted molar refractivity (Wildman–Crippen MR) is 123 cm³/mol. The molecule has 1 aliphatic heterocycles. The van der Waals surface area contributed by atoms with E-state index < -0.39 is 0 Å². The van der Waals surface area contributed by atoms with Crippen molar-refractivity contribution in [3.63, 3.8) is 0 Å². The zero-order chi connectivity index (χ0) is 20.7. The first-order valence-electron chi connectivity index (χ1n) is 10.3. The van der Waals surface area contributed by atoms with Crippen LogP contribution in [0.25, 0.3) is 0 Å². The van der Waals surface area contributed by atoms with Crippen LogP contribution in [0.3, 0.4) is 0 Å². The van der Waals surface area contributed by atoms with Gasteiger partial charge in [0.15, 0.2) is 0 Å². The third-order valence-corrected chi connectivity index (χ3v) is 6.49. The number of carbonyl (C=O) groups is 1. The summed E-state index contributed by atoms with van der Waals surface area (Å²) >= 11 is 6.09. The average Bonchev–Trinajstić information content (AvgIpc) is 3.24. The molecule has 3 aromatic carbocycles. The van der Waals surface area contributed by atoms with E-state index in [1.807, 2.05) is 49.4 Å². The summed E-state index contributed by atoms with van der Waals surface area (Å²) in [7, 11) is 0. The Bertz CT molecular complexity index is 1140. The Labute approximate surface area is 181 Å². The zero-order valence-corrected chi connectivity index (χ0v) is 17.5. The van der Waals surface area contributed by atoms with Crippen molar-refractivity contribution < 1.29 is 4.79 Å². The maximum absolute atomic E-state index is 12.7. The molecule has 2 N–H and O–H groups in total. The summed E-state index contributed by atoms with van der Waals surface area (Å²) in [5.74, 6) is 0.701. The molecule has 1 aliphatic carbocycles. The molecule has 3 atom stereocenters. The van der Waals surface area contributed by atoms with Crippen LogP contribution in [0, 0.1) is 12.8 Å². The first-order chi connectivity index (χ1) is 14.6. The molecule has 1 amide bonds. The highest BCUT2D eigenvalue weighted by Gasteiger charge is 2.37. The quantitative estimate of drug-likeness (QED) is 0.466. The minimum atomic E-state index is -0.0747. The van der Waals surface area contributed by atoms with Gasteiger partial charge < -0.3 is 10.6 Å². The second kappa shape index (κ2) is 7.66. The molecule has 150 valence electrons. The Morgan fingerprint density at radius 1 is 1.07 bits per heavy atom. The molecule has 0 aromatic heterocycles. The largest absolute Gasteiger partial charge is 0.378 e. The van der Waals surface area contributed by atoms with Crippen molar-refractivity contribution in [1.82, 2.24) is 0 Å². The number of fused-ring (bicyclic) bond motifs is 3. The molecule has 5 rings (SSSR count). The van der Waals surface area contributed by atoms with E-state index in [9.17, 15) is 4.79 Å². The van der Waals surface area contributed by atoms with Crippen molar-refractivity contribution in [3.05, 3.63) is 106 Å². The molecule has 0 radical (unpaired) electrons. The number of aryl methyl sites for hydroxylation is 1. The van der Waals surface area contributed by atoms with Gasteiger partial charge in [-0.2, -0.15) is 0 Å². The monoisotopic (exact) mass is 414 g/mol. The van der Waals surface area contributed by atoms with Crippen LogP contribution in [0.15, 0.2) is 78.9 Å². The lowest BCUT2D eigenvalue weighted by atomic mass is 9.77. The molecule has 30 heavy (non-hydrogen) atoms. The maximum Gasteiger partial charge on any atom is 0.255 e. The van der Waals surface area contributed by atoms with Gasteiger partial charge in [0, 0.05) is 27.9 Å². The number of hydrogen-bond acceptors (Lipinski definition) is 2. The molecular formula is C26H23ClN2O. The molecule has 0 bridgehead atoms. The van der Waals surface area contributed by atoms with Gasteiger partial charge in [0.05, 0.1) is 6.04 Å². The molecule has 3 nitrogen and oxygen atoms in total. The van der Waals surface area contributed by atoms with Gasteiger partial charge in [0.25, 0.3) is 5.91 Å². The van der Waals surface area contributed by atoms with Crippen molar-refractivity contribution in [2.75, 3.05) is 10.6 Å². The Morgan fingerprint density at radius 2 is 1.87 bits per heavy atom. The van der Waals surface area contributed by atoms with Crippen LogP contribution >= 0.6 is 11.6 Å². The zero-order valence-electron chi connectivity index (χ0n) is 16.7. The second-order valence-electron chi connectivity index (χ2n) is 8.10. The van der Waals surface area contributed by atoms with Crippen LogP contribution in [0.1, 0.15) is 45.4 Å². The number of halogens is 1. The number of anilines is 2. The molecule has 3 unspecified atom stereocenters. The van der Waals surface area contributed by atoms with Crippen LogP contribution in [0.5, 0.6) is 0 Å². The summed E-state index contributed by atoms with van der Waals surface area (Å²) in [6.07, 6.45) is 5.61. The average molecular weight is 415 g/mol. The summed E-state index contributed by atoms with van der Waals surface area (Å²) in [6.45, 7) is 1.95. The fourth-order valence-corrected chi connectivity index (χ4v) is 4.82. The SMILES string of the molecule is Cc1ccccc1C(=O)Nc1ccc2c(c1)C1C=CCC1C(c1ccc(Cl)cc1)N2. The topological polar surface area (TPSA) is 41.1 Å². The smallest absolute Gasteiger partial charge is 0.255 e. The van der Waals surface area contributed by atoms with E-state index in [2.05, 4.69) is 47.1 Å². The molecule has 1 heterocycles. The highest BCUT2D eigenvalue weighted by Crippen LogP contribution is 2.50. The van der Waals surface area contributed by atoms with Crippen LogP contribution < -0.4 is 10.6 Å². The van der Waals surface area contributed by atoms with Gasteiger partial charge in [0.2, 0.25) is 0 Å². The van der Waals surface area contributed by atoms with Gasteiger partial charge in [-0.05, 0) is 72.4 Å². The Kier molecular flexibility index (Phi) is 4.84. The number of allylic oxidation sites excluding steroid dienone is 2. The van der Waals surface area contributed by atoms with Crippen LogP contribution in [-0.4, -0.2) is 5.91 Å². The lowest BCUT2D eigenvalue weighted by Gasteiger charge is -2.37. The summed E-state index contributed by atoms with van der Waals surface area (Å²) in [5, 5.41) is 7.56. The lowest BCUT2D eigenvalue weighted by Crippen LogP contribution is -2.29. The number of nitrogens with one attached hydrogen (secondary N) is 2. The molecule has 0 saturated heterocycles. The Hall–Kier alpha value is -3.04. The summed E-state index contributed by atoms with van der Waals surface area (Å²) in [5.41, 5.74) is 6.11. The lowest BCUT2D eigenvalue weighted by molar-refractivity contribution is 0.102. The molecule has 2 aliphatic rings. The van der Waals surface area contributed by atoms with Gasteiger partial charge in [-0.3, -0.25) is 4.79 Å². The second-order valence-corrected chi connectivity index (χ2v) is 8.53. The van der Waals surface area contributed by atoms with E-state index >= 15 is 0 Å². The van der Waals surface area contributed by atoms with Gasteiger partial charge in [-0.1, -0.05) is 54.1 Å². The molecular weight excluding hydrogens is 392 g/mol. The van der Waals surface area contributed by atoms with Crippen molar-refractivity contribution in [3.8, 4) is 0 Å². The minimum Gasteiger partial charge on any atom is -0.378 e. The van der Waals surface area contributed by atoms with Crippen molar-refractivity contribution in [1.29, 1.82) is 0 Å². The third kappa shape index (κ3) is 3.40. The van der Waals surface area contributed by atoms with E-state index in [1.165, 1.54) is 11.1 Å². The minimum absolute atomic E-state index is 0.0747. The van der Waals surface area contributed by atoms with E-state index in [0.29, 0.717) is 17.4 Å². The van der Waals surface area contributed by atoms with Crippen LogP contribution in [-0.2, 0) is 0 Å². The molecule has 4 heteroatoms. The highest BCUT2D eigenvalue weighted by molar-refractivity contribution is 6.30. The Morgan fingerprint density at radius 3 is 2.67 bits per heavy atom. The third-order valence-electron chi connectivity index (χ3n) is 6.24. The number of hydrogen-bond donors (Lipinski definition) is 2. The predicted octanol–water partition coefficient (Wildman–Crippen LogP) is 6.73. The number of amides is 1. The first-order valence-corrected chi connectivity index (χ1v) is 10.7. The number of carbonyl (C=O) groups excluding carboxylic acids is 1. The molecule has 0 saturated carbocycles. The highest BCUT2D eigenvalue weighted by atomic mass is 35.5. The first kappa shape index (κ1) is 19.0. The van der Waals surface area contributed by atoms with Gasteiger partial charge >= 0.3 is 0 Å². The fraction of sp³-hybridized carbons (Fsp3) is 0.192. The van der Waals surface area contributed by atoms with Crippen LogP contribution in [0.4, 0.5) is 11.4 Å². The van der Waals surface area contributed by atoms with E-state index in [1.54, 1.807) is 0 Å². The van der Waals surface area contributed by atoms with E-state index in [-0.39, 0.29) is 11.9 Å². The fourth-order valence-electron chi connectivity index (χ4n) is 4.70. The van der Waals surface area contributed by atoms with Crippen LogP contribution in [0.2, 0.25) is 5.02 Å². The number of rotatable bonds is 3. The van der Waals surface area contributed by atoms with Crippen molar-refractivity contribution in [2.24, 2.45) is 5.92 Å². The molecule has 0 spiro atoms. The standard InChI is InChI=1S/C26H23ClN2O/c1-16-5-2-3-6-20(16)26(30)28-19-13-14-24-23(15-19)21-7-4-8-22(21)25(29-24)17-9-11-18(27)12-10-17/h2-7,9-15,21-22,25,29H,8H2,1H3,(H,28,30). The summed E-state index contributed by atoms with van der Waals surface area (Å²) in [6, 6.07) is 22.2. The van der Waals surface area contributed by atoms with Gasteiger partial charge in [-0.15, -0.1) is 0 Å². The molecule has 3 aromatic rings. The van der Waals surface area contributed by atoms with Gasteiger partial charge in [0.1, 0.15) is 0 Å². The number of benzene rings is 3. The molecule has 0 fully saturated rings. The summed E-state index contributed by atoms with van der Waals surface area (Å²) in [4.78, 5) is 12.7. The van der Waals surface area contributed by atoms with Gasteiger partial charge in [-0.25, -0.2) is 0 Å². The normalized spacial score (nSPS) is 21.5.